The predicted molar refractivity (Wildman–Crippen MR) is 131 cm³/mol. The summed E-state index contributed by atoms with van der Waals surface area (Å²) in [5.74, 6) is 3.72. The van der Waals surface area contributed by atoms with Gasteiger partial charge in [-0.15, -0.1) is 0 Å². The van der Waals surface area contributed by atoms with Crippen molar-refractivity contribution in [2.24, 2.45) is 0 Å². The summed E-state index contributed by atoms with van der Waals surface area (Å²) >= 11 is 0. The molecule has 5 heteroatoms. The van der Waals surface area contributed by atoms with Gasteiger partial charge in [0.15, 0.2) is 0 Å². The van der Waals surface area contributed by atoms with Crippen LogP contribution in [0.3, 0.4) is 0 Å². The van der Waals surface area contributed by atoms with Gasteiger partial charge in [0.2, 0.25) is 0 Å². The largest absolute Gasteiger partial charge is 0.744 e. The molecule has 0 atom stereocenters. The molecule has 0 radical (unpaired) electrons. The standard InChI is InChI=1S/C14H10O3S.C11H21S/c15-18(16,17)14-7-3-6-12-8-10-4-1-2-5-11(10)9-13(12)14;1-4-7-8-11-12(9-5-2)10-6-3/h1-9H,(H,15,16,17);5-6H,2-4,7-11H2,1H3/q;+1/p-1. The van der Waals surface area contributed by atoms with Gasteiger partial charge in [0.25, 0.3) is 0 Å². The molecule has 0 aliphatic rings. The molecule has 3 aromatic rings. The minimum Gasteiger partial charge on any atom is -0.744 e. The summed E-state index contributed by atoms with van der Waals surface area (Å²) < 4.78 is 33.7. The lowest BCUT2D eigenvalue weighted by atomic mass is 10.0. The molecule has 0 amide bonds. The summed E-state index contributed by atoms with van der Waals surface area (Å²) in [7, 11) is -3.91. The second kappa shape index (κ2) is 11.9. The zero-order chi connectivity index (χ0) is 22.0. The molecule has 0 aliphatic carbocycles. The van der Waals surface area contributed by atoms with Crippen LogP contribution in [0.4, 0.5) is 0 Å². The molecule has 0 saturated carbocycles. The Labute approximate surface area is 183 Å². The first kappa shape index (κ1) is 24.2. The van der Waals surface area contributed by atoms with E-state index in [1.807, 2.05) is 42.5 Å². The third-order valence-corrected chi connectivity index (χ3v) is 7.89. The molecular formula is C25H30O3S2. The Morgan fingerprint density at radius 3 is 2.07 bits per heavy atom. The highest BCUT2D eigenvalue weighted by molar-refractivity contribution is 7.97. The summed E-state index contributed by atoms with van der Waals surface area (Å²) in [6, 6.07) is 16.0. The second-order valence-corrected chi connectivity index (χ2v) is 10.7. The second-order valence-electron chi connectivity index (χ2n) is 7.07. The third kappa shape index (κ3) is 7.01. The molecule has 0 bridgehead atoms. The van der Waals surface area contributed by atoms with Crippen molar-refractivity contribution in [3.8, 4) is 0 Å². The summed E-state index contributed by atoms with van der Waals surface area (Å²) in [5.41, 5.74) is 0. The van der Waals surface area contributed by atoms with E-state index in [4.69, 9.17) is 0 Å². The van der Waals surface area contributed by atoms with Crippen LogP contribution < -0.4 is 0 Å². The Morgan fingerprint density at radius 2 is 1.50 bits per heavy atom. The van der Waals surface area contributed by atoms with Gasteiger partial charge in [0.05, 0.1) is 4.90 Å². The van der Waals surface area contributed by atoms with Crippen molar-refractivity contribution < 1.29 is 13.0 Å². The number of hydrogen-bond donors (Lipinski definition) is 0. The SMILES string of the molecule is C=CC[S+](CC=C)CCCCC.O=S(=O)([O-])c1cccc2cc3ccccc3cc12. The molecule has 0 saturated heterocycles. The third-order valence-electron chi connectivity index (χ3n) is 4.72. The maximum absolute atomic E-state index is 11.2. The van der Waals surface area contributed by atoms with E-state index >= 15 is 0 Å². The first-order chi connectivity index (χ1) is 14.4. The molecule has 0 heterocycles. The van der Waals surface area contributed by atoms with E-state index in [2.05, 4.69) is 20.1 Å². The van der Waals surface area contributed by atoms with Crippen molar-refractivity contribution in [3.05, 3.63) is 79.9 Å². The molecule has 160 valence electrons. The highest BCUT2D eigenvalue weighted by Gasteiger charge is 2.12. The van der Waals surface area contributed by atoms with Gasteiger partial charge in [-0.05, 0) is 75.6 Å². The molecule has 30 heavy (non-hydrogen) atoms. The Balaban J connectivity index is 0.000000235. The number of hydrogen-bond acceptors (Lipinski definition) is 3. The fourth-order valence-electron chi connectivity index (χ4n) is 3.28. The molecule has 0 spiro atoms. The summed E-state index contributed by atoms with van der Waals surface area (Å²) in [6.07, 6.45) is 8.15. The normalized spacial score (nSPS) is 11.3. The molecule has 0 unspecified atom stereocenters. The van der Waals surface area contributed by atoms with E-state index in [0.717, 1.165) is 16.2 Å². The van der Waals surface area contributed by atoms with E-state index in [-0.39, 0.29) is 4.90 Å². The maximum atomic E-state index is 11.2. The van der Waals surface area contributed by atoms with Crippen LogP contribution in [0.5, 0.6) is 0 Å². The summed E-state index contributed by atoms with van der Waals surface area (Å²) in [4.78, 5) is -0.161. The minimum absolute atomic E-state index is 0.161. The van der Waals surface area contributed by atoms with Crippen molar-refractivity contribution in [2.45, 2.75) is 31.1 Å². The van der Waals surface area contributed by atoms with Crippen molar-refractivity contribution in [3.63, 3.8) is 0 Å². The van der Waals surface area contributed by atoms with Crippen LogP contribution in [-0.4, -0.2) is 30.2 Å². The fraction of sp³-hybridized carbons (Fsp3) is 0.280. The van der Waals surface area contributed by atoms with E-state index in [9.17, 15) is 13.0 Å². The topological polar surface area (TPSA) is 57.2 Å². The molecule has 3 aromatic carbocycles. The van der Waals surface area contributed by atoms with Crippen LogP contribution in [0.15, 0.2) is 84.8 Å². The zero-order valence-corrected chi connectivity index (χ0v) is 19.2. The lowest BCUT2D eigenvalue weighted by molar-refractivity contribution is 0.464. The molecular weight excluding hydrogens is 412 g/mol. The van der Waals surface area contributed by atoms with Gasteiger partial charge in [0, 0.05) is 0 Å². The summed E-state index contributed by atoms with van der Waals surface area (Å²) in [5, 5.41) is 3.17. The molecule has 0 N–H and O–H groups in total. The van der Waals surface area contributed by atoms with Gasteiger partial charge in [-0.1, -0.05) is 62.9 Å². The van der Waals surface area contributed by atoms with Crippen LogP contribution >= 0.6 is 0 Å². The molecule has 0 fully saturated rings. The smallest absolute Gasteiger partial charge is 0.126 e. The average molecular weight is 443 g/mol. The molecule has 3 nitrogen and oxygen atoms in total. The monoisotopic (exact) mass is 442 g/mol. The fourth-order valence-corrected chi connectivity index (χ4v) is 5.72. The van der Waals surface area contributed by atoms with Crippen LogP contribution in [-0.2, 0) is 21.0 Å². The van der Waals surface area contributed by atoms with Crippen LogP contribution in [0.25, 0.3) is 21.5 Å². The first-order valence-corrected chi connectivity index (χ1v) is 13.3. The number of fused-ring (bicyclic) bond motifs is 2. The molecule has 3 rings (SSSR count). The van der Waals surface area contributed by atoms with Crippen LogP contribution in [0.1, 0.15) is 26.2 Å². The van der Waals surface area contributed by atoms with Gasteiger partial charge in [-0.3, -0.25) is 0 Å². The van der Waals surface area contributed by atoms with E-state index in [1.165, 1.54) is 42.6 Å². The van der Waals surface area contributed by atoms with Gasteiger partial charge in [-0.25, -0.2) is 8.42 Å². The lowest BCUT2D eigenvalue weighted by Crippen LogP contribution is -2.13. The number of benzene rings is 3. The Bertz CT molecular complexity index is 1080. The van der Waals surface area contributed by atoms with Crippen molar-refractivity contribution in [1.82, 2.24) is 0 Å². The quantitative estimate of drug-likeness (QED) is 0.133. The predicted octanol–water partition coefficient (Wildman–Crippen LogP) is 6.06. The Morgan fingerprint density at radius 1 is 0.900 bits per heavy atom. The van der Waals surface area contributed by atoms with Crippen molar-refractivity contribution >= 4 is 42.6 Å². The highest BCUT2D eigenvalue weighted by Crippen LogP contribution is 2.27. The Kier molecular flexibility index (Phi) is 9.63. The van der Waals surface area contributed by atoms with E-state index in [0.29, 0.717) is 16.3 Å². The van der Waals surface area contributed by atoms with Gasteiger partial charge in [0.1, 0.15) is 27.4 Å². The first-order valence-electron chi connectivity index (χ1n) is 10.1. The number of rotatable bonds is 9. The lowest BCUT2D eigenvalue weighted by Gasteiger charge is -2.11. The van der Waals surface area contributed by atoms with Gasteiger partial charge < -0.3 is 4.55 Å². The maximum Gasteiger partial charge on any atom is 0.126 e. The van der Waals surface area contributed by atoms with Crippen LogP contribution in [0, 0.1) is 0 Å². The minimum atomic E-state index is -4.45. The van der Waals surface area contributed by atoms with Crippen LogP contribution in [0.2, 0.25) is 0 Å². The summed E-state index contributed by atoms with van der Waals surface area (Å²) in [6.45, 7) is 9.82. The molecule has 0 aliphatic heterocycles. The van der Waals surface area contributed by atoms with Gasteiger partial charge in [-0.2, -0.15) is 0 Å². The molecule has 0 aromatic heterocycles. The average Bonchev–Trinajstić information content (AvgIpc) is 2.72. The Hall–Kier alpha value is -2.08. The van der Waals surface area contributed by atoms with E-state index in [1.54, 1.807) is 18.2 Å². The van der Waals surface area contributed by atoms with Crippen molar-refractivity contribution in [2.75, 3.05) is 17.3 Å². The zero-order valence-electron chi connectivity index (χ0n) is 17.5. The van der Waals surface area contributed by atoms with Gasteiger partial charge >= 0.3 is 0 Å². The number of unbranched alkanes of at least 4 members (excludes halogenated alkanes) is 2. The van der Waals surface area contributed by atoms with E-state index < -0.39 is 10.1 Å². The van der Waals surface area contributed by atoms with Crippen molar-refractivity contribution in [1.29, 1.82) is 0 Å². The highest BCUT2D eigenvalue weighted by atomic mass is 32.2.